The SMILES string of the molecule is COc1ccc(Cc2nc(NC(O)c3cccc(C(F)(F)F)c3)n(C)c2Cc2ccc(O)cc2)cc1. The van der Waals surface area contributed by atoms with Crippen molar-refractivity contribution in [2.75, 3.05) is 12.4 Å². The predicted octanol–water partition coefficient (Wildman–Crippen LogP) is 5.44. The molecule has 0 fully saturated rings. The smallest absolute Gasteiger partial charge is 0.416 e. The Labute approximate surface area is 206 Å². The lowest BCUT2D eigenvalue weighted by Gasteiger charge is -2.16. The number of nitrogens with zero attached hydrogens (tertiary/aromatic N) is 2. The van der Waals surface area contributed by atoms with Crippen LogP contribution >= 0.6 is 0 Å². The second kappa shape index (κ2) is 10.3. The first-order valence-electron chi connectivity index (χ1n) is 11.2. The van der Waals surface area contributed by atoms with Gasteiger partial charge in [-0.05, 0) is 47.5 Å². The van der Waals surface area contributed by atoms with Crippen LogP contribution in [0.2, 0.25) is 0 Å². The van der Waals surface area contributed by atoms with Gasteiger partial charge in [-0.3, -0.25) is 0 Å². The van der Waals surface area contributed by atoms with Gasteiger partial charge in [0.1, 0.15) is 11.5 Å². The van der Waals surface area contributed by atoms with Crippen LogP contribution in [0.3, 0.4) is 0 Å². The Morgan fingerprint density at radius 3 is 2.25 bits per heavy atom. The zero-order valence-electron chi connectivity index (χ0n) is 19.8. The van der Waals surface area contributed by atoms with Crippen molar-refractivity contribution >= 4 is 5.95 Å². The zero-order chi connectivity index (χ0) is 25.9. The van der Waals surface area contributed by atoms with E-state index in [-0.39, 0.29) is 11.3 Å². The summed E-state index contributed by atoms with van der Waals surface area (Å²) in [5, 5.41) is 23.1. The lowest BCUT2D eigenvalue weighted by Crippen LogP contribution is -2.15. The molecule has 0 aliphatic rings. The standard InChI is InChI=1S/C27H26F3N3O3/c1-33-24(15-18-6-10-21(34)11-7-18)23(14-17-8-12-22(36-2)13-9-17)31-26(33)32-25(35)19-4-3-5-20(16-19)27(28,29)30/h3-13,16,25,34-35H,14-15H2,1-2H3,(H,31,32). The minimum absolute atomic E-state index is 0.0737. The molecule has 0 amide bonds. The average Bonchev–Trinajstić information content (AvgIpc) is 3.14. The Morgan fingerprint density at radius 1 is 0.972 bits per heavy atom. The van der Waals surface area contributed by atoms with Gasteiger partial charge in [0, 0.05) is 31.1 Å². The van der Waals surface area contributed by atoms with Crippen LogP contribution < -0.4 is 10.1 Å². The van der Waals surface area contributed by atoms with Crippen molar-refractivity contribution in [1.82, 2.24) is 9.55 Å². The van der Waals surface area contributed by atoms with Gasteiger partial charge in [-0.15, -0.1) is 0 Å². The third-order valence-electron chi connectivity index (χ3n) is 5.93. The van der Waals surface area contributed by atoms with E-state index in [1.54, 1.807) is 30.9 Å². The Morgan fingerprint density at radius 2 is 1.61 bits per heavy atom. The fourth-order valence-electron chi connectivity index (χ4n) is 3.91. The number of phenolic OH excluding ortho intramolecular Hbond substituents is 1. The maximum Gasteiger partial charge on any atom is 0.416 e. The minimum Gasteiger partial charge on any atom is -0.508 e. The number of benzene rings is 3. The molecule has 0 bridgehead atoms. The van der Waals surface area contributed by atoms with Crippen molar-refractivity contribution < 1.29 is 28.1 Å². The molecule has 0 saturated heterocycles. The number of nitrogens with one attached hydrogen (secondary N) is 1. The van der Waals surface area contributed by atoms with Gasteiger partial charge in [0.15, 0.2) is 6.23 Å². The summed E-state index contributed by atoms with van der Waals surface area (Å²) in [5.74, 6) is 1.21. The number of aliphatic hydroxyl groups is 1. The number of ether oxygens (including phenoxy) is 1. The van der Waals surface area contributed by atoms with Gasteiger partial charge >= 0.3 is 6.18 Å². The van der Waals surface area contributed by atoms with E-state index >= 15 is 0 Å². The molecule has 9 heteroatoms. The van der Waals surface area contributed by atoms with Crippen LogP contribution in [-0.4, -0.2) is 26.9 Å². The molecule has 4 rings (SSSR count). The van der Waals surface area contributed by atoms with Crippen LogP contribution in [-0.2, 0) is 26.1 Å². The number of anilines is 1. The van der Waals surface area contributed by atoms with Crippen molar-refractivity contribution in [1.29, 1.82) is 0 Å². The molecular weight excluding hydrogens is 471 g/mol. The van der Waals surface area contributed by atoms with Crippen LogP contribution in [0.4, 0.5) is 19.1 Å². The normalized spacial score (nSPS) is 12.4. The van der Waals surface area contributed by atoms with Gasteiger partial charge in [0.25, 0.3) is 0 Å². The molecule has 0 saturated carbocycles. The van der Waals surface area contributed by atoms with Crippen LogP contribution in [0.1, 0.15) is 39.9 Å². The number of imidazole rings is 1. The number of aromatic hydroxyl groups is 1. The number of halogens is 3. The molecule has 4 aromatic rings. The molecule has 0 radical (unpaired) electrons. The van der Waals surface area contributed by atoms with Crippen LogP contribution in [0.15, 0.2) is 72.8 Å². The summed E-state index contributed by atoms with van der Waals surface area (Å²) in [6.07, 6.45) is -4.92. The lowest BCUT2D eigenvalue weighted by molar-refractivity contribution is -0.137. The Balaban J connectivity index is 1.65. The highest BCUT2D eigenvalue weighted by Gasteiger charge is 2.31. The van der Waals surface area contributed by atoms with Gasteiger partial charge in [-0.1, -0.05) is 36.4 Å². The second-order valence-electron chi connectivity index (χ2n) is 8.43. The molecule has 188 valence electrons. The van der Waals surface area contributed by atoms with Gasteiger partial charge in [-0.2, -0.15) is 13.2 Å². The predicted molar refractivity (Wildman–Crippen MR) is 130 cm³/mol. The summed E-state index contributed by atoms with van der Waals surface area (Å²) in [4.78, 5) is 4.69. The van der Waals surface area contributed by atoms with E-state index < -0.39 is 18.0 Å². The molecular formula is C27H26F3N3O3. The first kappa shape index (κ1) is 25.1. The first-order chi connectivity index (χ1) is 17.1. The Bertz CT molecular complexity index is 1320. The summed E-state index contributed by atoms with van der Waals surface area (Å²) in [6, 6.07) is 19.0. The number of alkyl halides is 3. The Hall–Kier alpha value is -3.98. The van der Waals surface area contributed by atoms with E-state index in [0.717, 1.165) is 40.4 Å². The van der Waals surface area contributed by atoms with E-state index in [1.165, 1.54) is 12.1 Å². The number of rotatable bonds is 8. The fraction of sp³-hybridized carbons (Fsp3) is 0.222. The molecule has 1 heterocycles. The van der Waals surface area contributed by atoms with Crippen molar-refractivity contribution in [3.63, 3.8) is 0 Å². The molecule has 1 unspecified atom stereocenters. The monoisotopic (exact) mass is 497 g/mol. The number of hydrogen-bond donors (Lipinski definition) is 3. The topological polar surface area (TPSA) is 79.5 Å². The lowest BCUT2D eigenvalue weighted by atomic mass is 10.0. The number of phenols is 1. The summed E-state index contributed by atoms with van der Waals surface area (Å²) >= 11 is 0. The van der Waals surface area contributed by atoms with E-state index in [9.17, 15) is 23.4 Å². The highest BCUT2D eigenvalue weighted by atomic mass is 19.4. The number of methoxy groups -OCH3 is 1. The summed E-state index contributed by atoms with van der Waals surface area (Å²) in [5.41, 5.74) is 2.77. The highest BCUT2D eigenvalue weighted by molar-refractivity contribution is 5.42. The minimum atomic E-state index is -4.51. The molecule has 0 spiro atoms. The summed E-state index contributed by atoms with van der Waals surface area (Å²) in [7, 11) is 3.37. The maximum absolute atomic E-state index is 13.1. The second-order valence-corrected chi connectivity index (χ2v) is 8.43. The van der Waals surface area contributed by atoms with E-state index in [4.69, 9.17) is 4.74 Å². The molecule has 0 aliphatic carbocycles. The maximum atomic E-state index is 13.1. The highest BCUT2D eigenvalue weighted by Crippen LogP contribution is 2.31. The first-order valence-corrected chi connectivity index (χ1v) is 11.2. The molecule has 6 nitrogen and oxygen atoms in total. The van der Waals surface area contributed by atoms with Gasteiger partial charge < -0.3 is 24.8 Å². The van der Waals surface area contributed by atoms with Crippen LogP contribution in [0, 0.1) is 0 Å². The molecule has 0 aliphatic heterocycles. The number of hydrogen-bond acceptors (Lipinski definition) is 5. The molecule has 3 N–H and O–H groups in total. The fourth-order valence-corrected chi connectivity index (χ4v) is 3.91. The third-order valence-corrected chi connectivity index (χ3v) is 5.93. The van der Waals surface area contributed by atoms with Crippen LogP contribution in [0.25, 0.3) is 0 Å². The molecule has 1 aromatic heterocycles. The van der Waals surface area contributed by atoms with Gasteiger partial charge in [0.05, 0.1) is 18.4 Å². The van der Waals surface area contributed by atoms with Gasteiger partial charge in [0.2, 0.25) is 5.95 Å². The van der Waals surface area contributed by atoms with E-state index in [1.807, 2.05) is 36.4 Å². The largest absolute Gasteiger partial charge is 0.508 e. The average molecular weight is 498 g/mol. The quantitative estimate of drug-likeness (QED) is 0.283. The zero-order valence-corrected chi connectivity index (χ0v) is 19.8. The Kier molecular flexibility index (Phi) is 7.21. The third kappa shape index (κ3) is 5.80. The van der Waals surface area contributed by atoms with E-state index in [2.05, 4.69) is 10.3 Å². The van der Waals surface area contributed by atoms with Crippen molar-refractivity contribution in [3.05, 3.63) is 106 Å². The van der Waals surface area contributed by atoms with Crippen molar-refractivity contribution in [2.24, 2.45) is 7.05 Å². The molecule has 1 atom stereocenters. The van der Waals surface area contributed by atoms with Crippen LogP contribution in [0.5, 0.6) is 11.5 Å². The van der Waals surface area contributed by atoms with Crippen molar-refractivity contribution in [3.8, 4) is 11.5 Å². The molecule has 36 heavy (non-hydrogen) atoms. The summed E-state index contributed by atoms with van der Waals surface area (Å²) < 4.78 is 46.4. The summed E-state index contributed by atoms with van der Waals surface area (Å²) in [6.45, 7) is 0. The van der Waals surface area contributed by atoms with Crippen molar-refractivity contribution in [2.45, 2.75) is 25.2 Å². The number of aromatic nitrogens is 2. The molecule has 3 aromatic carbocycles. The number of aliphatic hydroxyl groups excluding tert-OH is 1. The van der Waals surface area contributed by atoms with E-state index in [0.29, 0.717) is 18.8 Å². The van der Waals surface area contributed by atoms with Gasteiger partial charge in [-0.25, -0.2) is 4.98 Å².